The molecule has 69 heavy (non-hydrogen) atoms. The minimum absolute atomic E-state index is 0.249. The van der Waals surface area contributed by atoms with Crippen LogP contribution in [-0.2, 0) is 14.3 Å². The van der Waals surface area contributed by atoms with E-state index in [2.05, 4.69) is 43.5 Å². The van der Waals surface area contributed by atoms with Gasteiger partial charge < -0.3 is 50.5 Å². The van der Waals surface area contributed by atoms with Crippen LogP contribution in [0.4, 0.5) is 0 Å². The number of aliphatic hydroxyl groups is 7. The van der Waals surface area contributed by atoms with Crippen LogP contribution in [0.15, 0.2) is 24.3 Å². The molecule has 0 aromatic heterocycles. The standard InChI is InChI=1S/C58H111NO10/c1-3-5-7-9-11-13-15-17-19-21-23-24-25-26-28-29-31-33-35-37-39-41-43-45-50(61)53(63)49(48-68-58-56(66)55(65)54(64)52(47-60)69-58)59-57(67)51(62)46-44-42-40-38-36-34-32-30-27-22-20-18-16-14-12-10-8-6-4-2/h29,31,37,39,49-56,58,60-66H,3-28,30,32-36,38,40-48H2,1-2H3,(H,59,67)/b31-29+,39-37+. The Bertz CT molecular complexity index is 1170. The topological polar surface area (TPSA) is 189 Å². The second-order valence-corrected chi connectivity index (χ2v) is 20.7. The largest absolute Gasteiger partial charge is 0.394 e. The summed E-state index contributed by atoms with van der Waals surface area (Å²) >= 11 is 0. The van der Waals surface area contributed by atoms with Crippen LogP contribution in [0.25, 0.3) is 0 Å². The molecule has 0 aliphatic carbocycles. The number of hydrogen-bond acceptors (Lipinski definition) is 10. The normalized spacial score (nSPS) is 20.5. The van der Waals surface area contributed by atoms with E-state index in [9.17, 15) is 40.5 Å². The van der Waals surface area contributed by atoms with Crippen molar-refractivity contribution in [3.63, 3.8) is 0 Å². The van der Waals surface area contributed by atoms with E-state index in [1.807, 2.05) is 0 Å². The maximum absolute atomic E-state index is 13.2. The average Bonchev–Trinajstić information content (AvgIpc) is 3.35. The molecular formula is C58H111NO10. The molecule has 0 radical (unpaired) electrons. The molecule has 8 N–H and O–H groups in total. The van der Waals surface area contributed by atoms with Crippen molar-refractivity contribution >= 4 is 5.91 Å². The van der Waals surface area contributed by atoms with E-state index in [1.54, 1.807) is 0 Å². The van der Waals surface area contributed by atoms with Gasteiger partial charge in [-0.3, -0.25) is 4.79 Å². The zero-order chi connectivity index (χ0) is 50.4. The van der Waals surface area contributed by atoms with Crippen molar-refractivity contribution < 1.29 is 50.0 Å². The lowest BCUT2D eigenvalue weighted by Crippen LogP contribution is -2.60. The van der Waals surface area contributed by atoms with E-state index in [1.165, 1.54) is 186 Å². The lowest BCUT2D eigenvalue weighted by atomic mass is 9.98. The van der Waals surface area contributed by atoms with E-state index in [0.717, 1.165) is 38.5 Å². The fraction of sp³-hybridized carbons (Fsp3) is 0.914. The number of ether oxygens (including phenoxy) is 2. The summed E-state index contributed by atoms with van der Waals surface area (Å²) in [5.74, 6) is -0.706. The Morgan fingerprint density at radius 1 is 0.493 bits per heavy atom. The van der Waals surface area contributed by atoms with Crippen LogP contribution >= 0.6 is 0 Å². The van der Waals surface area contributed by atoms with Crippen molar-refractivity contribution in [2.45, 2.75) is 326 Å². The van der Waals surface area contributed by atoms with E-state index in [0.29, 0.717) is 19.3 Å². The number of nitrogens with one attached hydrogen (secondary N) is 1. The molecule has 0 aromatic rings. The fourth-order valence-electron chi connectivity index (χ4n) is 9.46. The molecule has 1 rings (SSSR count). The number of carbonyl (C=O) groups excluding carboxylic acids is 1. The molecule has 408 valence electrons. The van der Waals surface area contributed by atoms with Crippen LogP contribution in [0.5, 0.6) is 0 Å². The van der Waals surface area contributed by atoms with Crippen LogP contribution in [0.2, 0.25) is 0 Å². The molecule has 1 heterocycles. The average molecular weight is 983 g/mol. The molecule has 9 unspecified atom stereocenters. The zero-order valence-corrected chi connectivity index (χ0v) is 44.6. The van der Waals surface area contributed by atoms with E-state index in [-0.39, 0.29) is 12.8 Å². The zero-order valence-electron chi connectivity index (χ0n) is 44.6. The first kappa shape index (κ1) is 65.6. The number of rotatable bonds is 50. The minimum Gasteiger partial charge on any atom is -0.394 e. The molecule has 11 nitrogen and oxygen atoms in total. The van der Waals surface area contributed by atoms with Crippen LogP contribution in [-0.4, -0.2) is 110 Å². The summed E-state index contributed by atoms with van der Waals surface area (Å²) in [6, 6.07) is -1.19. The molecule has 1 aliphatic rings. The van der Waals surface area contributed by atoms with Gasteiger partial charge in [0, 0.05) is 0 Å². The highest BCUT2D eigenvalue weighted by Crippen LogP contribution is 2.23. The third-order valence-corrected chi connectivity index (χ3v) is 14.2. The highest BCUT2D eigenvalue weighted by Gasteiger charge is 2.44. The number of hydrogen-bond donors (Lipinski definition) is 8. The summed E-state index contributed by atoms with van der Waals surface area (Å²) in [7, 11) is 0. The Hall–Kier alpha value is -1.41. The lowest BCUT2D eigenvalue weighted by Gasteiger charge is -2.40. The Morgan fingerprint density at radius 2 is 0.870 bits per heavy atom. The highest BCUT2D eigenvalue weighted by molar-refractivity contribution is 5.80. The van der Waals surface area contributed by atoms with Crippen molar-refractivity contribution in [3.05, 3.63) is 24.3 Å². The van der Waals surface area contributed by atoms with Crippen molar-refractivity contribution in [2.75, 3.05) is 13.2 Å². The first-order valence-corrected chi connectivity index (χ1v) is 29.2. The Kier molecular flexibility index (Phi) is 45.2. The maximum atomic E-state index is 13.2. The molecule has 0 bridgehead atoms. The molecule has 1 saturated heterocycles. The Balaban J connectivity index is 2.34. The van der Waals surface area contributed by atoms with Crippen LogP contribution in [0.3, 0.4) is 0 Å². The molecule has 1 aliphatic heterocycles. The molecular weight excluding hydrogens is 871 g/mol. The van der Waals surface area contributed by atoms with Crippen molar-refractivity contribution in [1.29, 1.82) is 0 Å². The fourth-order valence-corrected chi connectivity index (χ4v) is 9.46. The molecule has 0 aromatic carbocycles. The van der Waals surface area contributed by atoms with Gasteiger partial charge in [0.25, 0.3) is 0 Å². The van der Waals surface area contributed by atoms with Crippen molar-refractivity contribution in [1.82, 2.24) is 5.32 Å². The molecule has 9 atom stereocenters. The second-order valence-electron chi connectivity index (χ2n) is 20.7. The first-order chi connectivity index (χ1) is 33.7. The van der Waals surface area contributed by atoms with Gasteiger partial charge in [-0.25, -0.2) is 0 Å². The van der Waals surface area contributed by atoms with Gasteiger partial charge in [0.15, 0.2) is 6.29 Å². The molecule has 1 amide bonds. The van der Waals surface area contributed by atoms with Gasteiger partial charge in [0.05, 0.1) is 25.4 Å². The van der Waals surface area contributed by atoms with Gasteiger partial charge in [-0.2, -0.15) is 0 Å². The van der Waals surface area contributed by atoms with Crippen LogP contribution in [0.1, 0.15) is 271 Å². The van der Waals surface area contributed by atoms with Gasteiger partial charge in [-0.05, 0) is 51.4 Å². The SMILES string of the molecule is CCCCCCCCCCCCCCCC/C=C/CC/C=C/CCCC(O)C(O)C(COC1OC(CO)C(O)C(O)C1O)NC(=O)C(O)CCCCCCCCCCCCCCCCCCCCC. The van der Waals surface area contributed by atoms with E-state index >= 15 is 0 Å². The number of allylic oxidation sites excluding steroid dienone is 4. The number of aliphatic hydroxyl groups excluding tert-OH is 7. The summed E-state index contributed by atoms with van der Waals surface area (Å²) in [4.78, 5) is 13.2. The third kappa shape index (κ3) is 36.2. The predicted octanol–water partition coefficient (Wildman–Crippen LogP) is 12.1. The number of unbranched alkanes of at least 4 members (excludes halogenated alkanes) is 34. The lowest BCUT2D eigenvalue weighted by molar-refractivity contribution is -0.303. The third-order valence-electron chi connectivity index (χ3n) is 14.2. The highest BCUT2D eigenvalue weighted by atomic mass is 16.7. The monoisotopic (exact) mass is 982 g/mol. The summed E-state index contributed by atoms with van der Waals surface area (Å²) in [6.45, 7) is 3.47. The van der Waals surface area contributed by atoms with Gasteiger partial charge >= 0.3 is 0 Å². The smallest absolute Gasteiger partial charge is 0.249 e. The molecule has 11 heteroatoms. The number of amides is 1. The van der Waals surface area contributed by atoms with E-state index < -0.39 is 74.2 Å². The van der Waals surface area contributed by atoms with Gasteiger partial charge in [-0.15, -0.1) is 0 Å². The van der Waals surface area contributed by atoms with Gasteiger partial charge in [0.2, 0.25) is 5.91 Å². The predicted molar refractivity (Wildman–Crippen MR) is 284 cm³/mol. The molecule has 0 saturated carbocycles. The summed E-state index contributed by atoms with van der Waals surface area (Å²) in [5, 5.41) is 76.1. The van der Waals surface area contributed by atoms with Crippen molar-refractivity contribution in [2.24, 2.45) is 0 Å². The number of carbonyl (C=O) groups is 1. The Labute approximate surface area is 423 Å². The quantitative estimate of drug-likeness (QED) is 0.0215. The molecule has 0 spiro atoms. The summed E-state index contributed by atoms with van der Waals surface area (Å²) < 4.78 is 11.1. The summed E-state index contributed by atoms with van der Waals surface area (Å²) in [5.41, 5.74) is 0. The van der Waals surface area contributed by atoms with Crippen LogP contribution < -0.4 is 5.32 Å². The van der Waals surface area contributed by atoms with Gasteiger partial charge in [0.1, 0.15) is 36.6 Å². The van der Waals surface area contributed by atoms with Gasteiger partial charge in [-0.1, -0.05) is 244 Å². The molecule has 1 fully saturated rings. The maximum Gasteiger partial charge on any atom is 0.249 e. The van der Waals surface area contributed by atoms with Crippen molar-refractivity contribution in [3.8, 4) is 0 Å². The van der Waals surface area contributed by atoms with Crippen LogP contribution in [0, 0.1) is 0 Å². The van der Waals surface area contributed by atoms with E-state index in [4.69, 9.17) is 9.47 Å². The second kappa shape index (κ2) is 47.6. The minimum atomic E-state index is -1.67. The Morgan fingerprint density at radius 3 is 1.29 bits per heavy atom. The summed E-state index contributed by atoms with van der Waals surface area (Å²) in [6.07, 6.45) is 45.2. The first-order valence-electron chi connectivity index (χ1n) is 29.2.